The number of esters is 1. The molecule has 0 fully saturated rings. The molecule has 6 nitrogen and oxygen atoms in total. The minimum atomic E-state index is -0.841. The molecule has 0 saturated carbocycles. The Morgan fingerprint density at radius 2 is 0.625 bits per heavy atom. The van der Waals surface area contributed by atoms with Gasteiger partial charge in [0.1, 0.15) is 0 Å². The number of carbonyl (C=O) groups is 2. The van der Waals surface area contributed by atoms with Crippen molar-refractivity contribution in [1.82, 2.24) is 5.32 Å². The zero-order chi connectivity index (χ0) is 57.8. The standard InChI is InChI=1S/C74H141NO5/c1-3-5-7-9-11-13-15-16-40-44-48-52-56-60-64-68-74(79)80-69-65-61-57-53-49-45-42-39-37-35-33-31-29-27-25-23-21-19-17-18-20-22-24-26-28-30-32-34-36-38-41-43-47-51-55-59-63-67-73(78)75-71(70-76)72(77)66-62-58-54-50-46-14-12-10-8-6-4-2/h17,19,23,25,62,66,71-72,76-77H,3-16,18,20-22,24,26-61,63-65,67-70H2,1-2H3,(H,75,78)/b19-17-,25-23-,66-62+. The molecule has 0 saturated heterocycles. The van der Waals surface area contributed by atoms with Crippen molar-refractivity contribution >= 4 is 11.9 Å². The molecule has 0 heterocycles. The highest BCUT2D eigenvalue weighted by atomic mass is 16.5. The molecule has 0 aliphatic rings. The van der Waals surface area contributed by atoms with E-state index in [-0.39, 0.29) is 18.5 Å². The summed E-state index contributed by atoms with van der Waals surface area (Å²) in [6.45, 7) is 4.92. The van der Waals surface area contributed by atoms with E-state index in [4.69, 9.17) is 4.74 Å². The van der Waals surface area contributed by atoms with Crippen LogP contribution in [-0.2, 0) is 14.3 Å². The Labute approximate surface area is 500 Å². The largest absolute Gasteiger partial charge is 0.466 e. The van der Waals surface area contributed by atoms with Crippen LogP contribution in [0.3, 0.4) is 0 Å². The zero-order valence-corrected chi connectivity index (χ0v) is 54.1. The fraction of sp³-hybridized carbons (Fsp3) is 0.892. The summed E-state index contributed by atoms with van der Waals surface area (Å²) in [5, 5.41) is 23.1. The minimum absolute atomic E-state index is 0.0218. The molecule has 0 rings (SSSR count). The molecule has 6 heteroatoms. The zero-order valence-electron chi connectivity index (χ0n) is 54.1. The van der Waals surface area contributed by atoms with Gasteiger partial charge < -0.3 is 20.3 Å². The summed E-state index contributed by atoms with van der Waals surface area (Å²) < 4.78 is 5.50. The predicted octanol–water partition coefficient (Wildman–Crippen LogP) is 23.5. The van der Waals surface area contributed by atoms with E-state index >= 15 is 0 Å². The fourth-order valence-corrected chi connectivity index (χ4v) is 11.4. The van der Waals surface area contributed by atoms with Gasteiger partial charge in [0.2, 0.25) is 5.91 Å². The Hall–Kier alpha value is -1.92. The predicted molar refractivity (Wildman–Crippen MR) is 352 cm³/mol. The van der Waals surface area contributed by atoms with Crippen LogP contribution in [0.2, 0.25) is 0 Å². The molecule has 2 unspecified atom stereocenters. The quantitative estimate of drug-likeness (QED) is 0.0320. The molecule has 1 amide bonds. The molecule has 0 aromatic rings. The number of unbranched alkanes of at least 4 members (excludes halogenated alkanes) is 53. The number of aliphatic hydroxyl groups is 2. The average molecular weight is 1120 g/mol. The monoisotopic (exact) mass is 1120 g/mol. The number of nitrogens with one attached hydrogen (secondary N) is 1. The Bertz CT molecular complexity index is 1300. The normalized spacial score (nSPS) is 12.7. The van der Waals surface area contributed by atoms with E-state index in [9.17, 15) is 19.8 Å². The molecule has 472 valence electrons. The number of hydrogen-bond acceptors (Lipinski definition) is 5. The average Bonchev–Trinajstić information content (AvgIpc) is 3.46. The van der Waals surface area contributed by atoms with Gasteiger partial charge in [0.05, 0.1) is 25.4 Å². The first-order chi connectivity index (χ1) is 39.5. The lowest BCUT2D eigenvalue weighted by atomic mass is 10.0. The molecule has 3 N–H and O–H groups in total. The van der Waals surface area contributed by atoms with Crippen molar-refractivity contribution in [2.75, 3.05) is 13.2 Å². The van der Waals surface area contributed by atoms with E-state index in [1.165, 1.54) is 327 Å². The van der Waals surface area contributed by atoms with Crippen LogP contribution in [0.25, 0.3) is 0 Å². The van der Waals surface area contributed by atoms with Crippen LogP contribution < -0.4 is 5.32 Å². The highest BCUT2D eigenvalue weighted by Crippen LogP contribution is 2.19. The van der Waals surface area contributed by atoms with Crippen LogP contribution in [0.15, 0.2) is 36.5 Å². The maximum atomic E-state index is 12.4. The maximum Gasteiger partial charge on any atom is 0.305 e. The molecule has 0 aliphatic carbocycles. The minimum Gasteiger partial charge on any atom is -0.466 e. The van der Waals surface area contributed by atoms with Gasteiger partial charge in [0.15, 0.2) is 0 Å². The second-order valence-corrected chi connectivity index (χ2v) is 24.9. The summed E-state index contributed by atoms with van der Waals surface area (Å²) >= 11 is 0. The van der Waals surface area contributed by atoms with Crippen LogP contribution in [0.1, 0.15) is 399 Å². The van der Waals surface area contributed by atoms with E-state index in [0.717, 1.165) is 44.9 Å². The highest BCUT2D eigenvalue weighted by molar-refractivity contribution is 5.76. The lowest BCUT2D eigenvalue weighted by molar-refractivity contribution is -0.143. The summed E-state index contributed by atoms with van der Waals surface area (Å²) in [4.78, 5) is 24.5. The first-order valence-corrected chi connectivity index (χ1v) is 36.3. The maximum absolute atomic E-state index is 12.4. The molecule has 2 atom stereocenters. The lowest BCUT2D eigenvalue weighted by Gasteiger charge is -2.20. The van der Waals surface area contributed by atoms with Gasteiger partial charge in [0, 0.05) is 12.8 Å². The van der Waals surface area contributed by atoms with Gasteiger partial charge in [-0.3, -0.25) is 9.59 Å². The van der Waals surface area contributed by atoms with Crippen molar-refractivity contribution in [3.8, 4) is 0 Å². The SMILES string of the molecule is CCCCCCCCCCC/C=C/C(O)C(CO)NC(=O)CCCCCCCCCCCCCCCCCCC/C=C\C/C=C\CCCCCCCCCCCCCCCOC(=O)CCCCCCCCCCCCCCCCC. The van der Waals surface area contributed by atoms with E-state index in [2.05, 4.69) is 43.5 Å². The summed E-state index contributed by atoms with van der Waals surface area (Å²) in [6.07, 6.45) is 89.7. The van der Waals surface area contributed by atoms with Gasteiger partial charge >= 0.3 is 5.97 Å². The molecule has 0 aromatic carbocycles. The number of ether oxygens (including phenoxy) is 1. The van der Waals surface area contributed by atoms with Crippen molar-refractivity contribution in [2.24, 2.45) is 0 Å². The summed E-state index contributed by atoms with van der Waals surface area (Å²) in [7, 11) is 0. The third-order valence-corrected chi connectivity index (χ3v) is 16.9. The number of aliphatic hydroxyl groups excluding tert-OH is 2. The van der Waals surface area contributed by atoms with Gasteiger partial charge in [-0.15, -0.1) is 0 Å². The van der Waals surface area contributed by atoms with Gasteiger partial charge in [0.25, 0.3) is 0 Å². The topological polar surface area (TPSA) is 95.9 Å². The molecule has 0 bridgehead atoms. The molecule has 0 spiro atoms. The summed E-state index contributed by atoms with van der Waals surface area (Å²) in [6, 6.07) is -0.624. The van der Waals surface area contributed by atoms with Crippen LogP contribution in [-0.4, -0.2) is 47.4 Å². The number of hydrogen-bond donors (Lipinski definition) is 3. The number of amides is 1. The van der Waals surface area contributed by atoms with Crippen molar-refractivity contribution in [2.45, 2.75) is 411 Å². The second-order valence-electron chi connectivity index (χ2n) is 24.9. The smallest absolute Gasteiger partial charge is 0.305 e. The molecule has 0 aromatic heterocycles. The molecule has 80 heavy (non-hydrogen) atoms. The van der Waals surface area contributed by atoms with E-state index in [1.54, 1.807) is 6.08 Å². The highest BCUT2D eigenvalue weighted by Gasteiger charge is 2.18. The summed E-state index contributed by atoms with van der Waals surface area (Å²) in [5.74, 6) is -0.0433. The summed E-state index contributed by atoms with van der Waals surface area (Å²) in [5.41, 5.74) is 0. The van der Waals surface area contributed by atoms with Gasteiger partial charge in [-0.2, -0.15) is 0 Å². The Morgan fingerprint density at radius 1 is 0.350 bits per heavy atom. The molecular weight excluding hydrogens is 983 g/mol. The first-order valence-electron chi connectivity index (χ1n) is 36.3. The van der Waals surface area contributed by atoms with Crippen molar-refractivity contribution in [3.63, 3.8) is 0 Å². The van der Waals surface area contributed by atoms with Crippen LogP contribution in [0, 0.1) is 0 Å². The molecular formula is C74H141NO5. The van der Waals surface area contributed by atoms with Crippen molar-refractivity contribution < 1.29 is 24.5 Å². The Kier molecular flexibility index (Phi) is 67.9. The molecule has 0 aliphatic heterocycles. The number of rotatable bonds is 68. The Balaban J connectivity index is 3.34. The van der Waals surface area contributed by atoms with Gasteiger partial charge in [-0.25, -0.2) is 0 Å². The van der Waals surface area contributed by atoms with Gasteiger partial charge in [-0.05, 0) is 64.2 Å². The second kappa shape index (κ2) is 69.6. The fourth-order valence-electron chi connectivity index (χ4n) is 11.4. The third kappa shape index (κ3) is 65.2. The lowest BCUT2D eigenvalue weighted by Crippen LogP contribution is -2.45. The van der Waals surface area contributed by atoms with E-state index in [1.807, 2.05) is 6.08 Å². The van der Waals surface area contributed by atoms with Crippen LogP contribution in [0.5, 0.6) is 0 Å². The Morgan fingerprint density at radius 3 is 0.950 bits per heavy atom. The van der Waals surface area contributed by atoms with E-state index in [0.29, 0.717) is 19.4 Å². The van der Waals surface area contributed by atoms with Crippen LogP contribution >= 0.6 is 0 Å². The van der Waals surface area contributed by atoms with E-state index < -0.39 is 12.1 Å². The van der Waals surface area contributed by atoms with Crippen molar-refractivity contribution in [3.05, 3.63) is 36.5 Å². The first kappa shape index (κ1) is 78.1. The third-order valence-electron chi connectivity index (χ3n) is 16.9. The molecule has 0 radical (unpaired) electrons. The van der Waals surface area contributed by atoms with Gasteiger partial charge in [-0.1, -0.05) is 359 Å². The number of carbonyl (C=O) groups excluding carboxylic acids is 2. The van der Waals surface area contributed by atoms with Crippen molar-refractivity contribution in [1.29, 1.82) is 0 Å². The number of allylic oxidation sites excluding steroid dienone is 5. The van der Waals surface area contributed by atoms with Crippen LogP contribution in [0.4, 0.5) is 0 Å².